The van der Waals surface area contributed by atoms with Crippen LogP contribution >= 0.6 is 0 Å². The van der Waals surface area contributed by atoms with E-state index in [9.17, 15) is 13.2 Å². The minimum Gasteiger partial charge on any atom is -0.355 e. The Hall–Kier alpha value is -2.93. The van der Waals surface area contributed by atoms with Gasteiger partial charge in [-0.15, -0.1) is 0 Å². The first kappa shape index (κ1) is 18.4. The Kier molecular flexibility index (Phi) is 5.00. The second kappa shape index (κ2) is 7.59. The zero-order chi connectivity index (χ0) is 19.6. The van der Waals surface area contributed by atoms with E-state index in [1.807, 2.05) is 30.3 Å². The fourth-order valence-electron chi connectivity index (χ4n) is 3.45. The lowest BCUT2D eigenvalue weighted by atomic mass is 10.1. The van der Waals surface area contributed by atoms with Crippen LogP contribution in [0.4, 0.5) is 0 Å². The maximum atomic E-state index is 12.8. The predicted molar refractivity (Wildman–Crippen MR) is 104 cm³/mol. The molecule has 1 aliphatic rings. The molecule has 0 unspecified atom stereocenters. The van der Waals surface area contributed by atoms with Crippen LogP contribution in [0.25, 0.3) is 11.3 Å². The van der Waals surface area contributed by atoms with Crippen LogP contribution in [0.3, 0.4) is 0 Å². The SMILES string of the molecule is O=C(c1cc(-c2ccccc2)on1)N1CCC(S(=O)(=O)c2ccccc2)CC1. The summed E-state index contributed by atoms with van der Waals surface area (Å²) in [4.78, 5) is 14.7. The van der Waals surface area contributed by atoms with Gasteiger partial charge in [-0.1, -0.05) is 53.7 Å². The van der Waals surface area contributed by atoms with E-state index in [0.717, 1.165) is 5.56 Å². The fraction of sp³-hybridized carbons (Fsp3) is 0.238. The van der Waals surface area contributed by atoms with Crippen molar-refractivity contribution in [1.82, 2.24) is 10.1 Å². The molecule has 0 atom stereocenters. The maximum Gasteiger partial charge on any atom is 0.276 e. The number of carbonyl (C=O) groups excluding carboxylic acids is 1. The summed E-state index contributed by atoms with van der Waals surface area (Å²) in [6.45, 7) is 0.756. The number of aromatic nitrogens is 1. The van der Waals surface area contributed by atoms with Gasteiger partial charge in [-0.3, -0.25) is 4.79 Å². The molecule has 144 valence electrons. The number of amides is 1. The smallest absolute Gasteiger partial charge is 0.276 e. The summed E-state index contributed by atoms with van der Waals surface area (Å²) in [5.41, 5.74) is 1.09. The molecule has 1 aromatic heterocycles. The summed E-state index contributed by atoms with van der Waals surface area (Å²) in [7, 11) is -3.38. The van der Waals surface area contributed by atoms with E-state index in [1.165, 1.54) is 0 Å². The zero-order valence-corrected chi connectivity index (χ0v) is 16.0. The number of hydrogen-bond acceptors (Lipinski definition) is 5. The Labute approximate surface area is 163 Å². The van der Waals surface area contributed by atoms with Crippen molar-refractivity contribution in [2.45, 2.75) is 23.0 Å². The van der Waals surface area contributed by atoms with Gasteiger partial charge < -0.3 is 9.42 Å². The highest BCUT2D eigenvalue weighted by Gasteiger charge is 2.33. The van der Waals surface area contributed by atoms with Gasteiger partial charge in [0.25, 0.3) is 5.91 Å². The normalized spacial score (nSPS) is 15.5. The van der Waals surface area contributed by atoms with Gasteiger partial charge in [-0.05, 0) is 25.0 Å². The molecule has 1 amide bonds. The molecule has 2 heterocycles. The van der Waals surface area contributed by atoms with Crippen molar-refractivity contribution < 1.29 is 17.7 Å². The summed E-state index contributed by atoms with van der Waals surface area (Å²) in [6.07, 6.45) is 0.818. The van der Waals surface area contributed by atoms with Gasteiger partial charge in [0.15, 0.2) is 21.3 Å². The van der Waals surface area contributed by atoms with Gasteiger partial charge in [0.2, 0.25) is 0 Å². The third-order valence-corrected chi connectivity index (χ3v) is 7.31. The summed E-state index contributed by atoms with van der Waals surface area (Å²) in [6, 6.07) is 19.5. The Bertz CT molecular complexity index is 1050. The van der Waals surface area contributed by atoms with Crippen LogP contribution in [0.2, 0.25) is 0 Å². The molecule has 2 aromatic carbocycles. The van der Waals surface area contributed by atoms with Crippen LogP contribution < -0.4 is 0 Å². The standard InChI is InChI=1S/C21H20N2O4S/c24-21(19-15-20(27-22-19)16-7-3-1-4-8-16)23-13-11-18(12-14-23)28(25,26)17-9-5-2-6-10-17/h1-10,15,18H,11-14H2. The van der Waals surface area contributed by atoms with Gasteiger partial charge in [-0.25, -0.2) is 8.42 Å². The lowest BCUT2D eigenvalue weighted by Gasteiger charge is -2.31. The first-order valence-corrected chi connectivity index (χ1v) is 10.7. The monoisotopic (exact) mass is 396 g/mol. The van der Waals surface area contributed by atoms with Gasteiger partial charge in [-0.2, -0.15) is 0 Å². The summed E-state index contributed by atoms with van der Waals surface area (Å²) in [5.74, 6) is 0.298. The third kappa shape index (κ3) is 3.57. The molecule has 3 aromatic rings. The molecule has 0 aliphatic carbocycles. The zero-order valence-electron chi connectivity index (χ0n) is 15.2. The van der Waals surface area contributed by atoms with Gasteiger partial charge in [0.1, 0.15) is 0 Å². The number of sulfone groups is 1. The van der Waals surface area contributed by atoms with Crippen molar-refractivity contribution in [3.8, 4) is 11.3 Å². The predicted octanol–water partition coefficient (Wildman–Crippen LogP) is 3.42. The number of nitrogens with zero attached hydrogens (tertiary/aromatic N) is 2. The maximum absolute atomic E-state index is 12.8. The second-order valence-corrected chi connectivity index (χ2v) is 9.02. The van der Waals surface area contributed by atoms with E-state index in [1.54, 1.807) is 41.3 Å². The molecule has 1 saturated heterocycles. The van der Waals surface area contributed by atoms with Crippen LogP contribution in [0, 0.1) is 0 Å². The molecule has 0 radical (unpaired) electrons. The number of benzene rings is 2. The Morgan fingerprint density at radius 2 is 1.57 bits per heavy atom. The first-order chi connectivity index (χ1) is 13.6. The Morgan fingerprint density at radius 3 is 2.21 bits per heavy atom. The molecule has 1 aliphatic heterocycles. The minimum atomic E-state index is -3.38. The topological polar surface area (TPSA) is 80.5 Å². The third-order valence-electron chi connectivity index (χ3n) is 5.03. The Balaban J connectivity index is 1.43. The number of rotatable bonds is 4. The van der Waals surface area contributed by atoms with Gasteiger partial charge in [0.05, 0.1) is 10.1 Å². The van der Waals surface area contributed by atoms with E-state index < -0.39 is 15.1 Å². The number of carbonyl (C=O) groups is 1. The van der Waals surface area contributed by atoms with E-state index in [0.29, 0.717) is 36.6 Å². The summed E-state index contributed by atoms with van der Waals surface area (Å²) >= 11 is 0. The molecule has 0 saturated carbocycles. The molecule has 6 nitrogen and oxygen atoms in total. The average Bonchev–Trinajstić information content (AvgIpc) is 3.25. The first-order valence-electron chi connectivity index (χ1n) is 9.16. The molecule has 7 heteroatoms. The van der Waals surface area contributed by atoms with Crippen molar-refractivity contribution in [1.29, 1.82) is 0 Å². The van der Waals surface area contributed by atoms with Crippen LogP contribution in [-0.2, 0) is 9.84 Å². The van der Waals surface area contributed by atoms with Crippen molar-refractivity contribution >= 4 is 15.7 Å². The molecular formula is C21H20N2O4S. The second-order valence-electron chi connectivity index (χ2n) is 6.79. The highest BCUT2D eigenvalue weighted by molar-refractivity contribution is 7.92. The van der Waals surface area contributed by atoms with Crippen LogP contribution in [0.5, 0.6) is 0 Å². The highest BCUT2D eigenvalue weighted by Crippen LogP contribution is 2.26. The molecule has 0 spiro atoms. The molecule has 1 fully saturated rings. The lowest BCUT2D eigenvalue weighted by molar-refractivity contribution is 0.0715. The van der Waals surface area contributed by atoms with E-state index in [-0.39, 0.29) is 11.6 Å². The lowest BCUT2D eigenvalue weighted by Crippen LogP contribution is -2.42. The van der Waals surface area contributed by atoms with E-state index >= 15 is 0 Å². The number of piperidine rings is 1. The van der Waals surface area contributed by atoms with E-state index in [4.69, 9.17) is 4.52 Å². The van der Waals surface area contributed by atoms with Crippen LogP contribution in [0.1, 0.15) is 23.3 Å². The molecular weight excluding hydrogens is 376 g/mol. The highest BCUT2D eigenvalue weighted by atomic mass is 32.2. The average molecular weight is 396 g/mol. The number of likely N-dealkylation sites (tertiary alicyclic amines) is 1. The Morgan fingerprint density at radius 1 is 0.964 bits per heavy atom. The fourth-order valence-corrected chi connectivity index (χ4v) is 5.20. The molecule has 0 N–H and O–H groups in total. The van der Waals surface area contributed by atoms with Crippen LogP contribution in [-0.4, -0.2) is 42.7 Å². The van der Waals surface area contributed by atoms with Crippen molar-refractivity contribution in [3.63, 3.8) is 0 Å². The minimum absolute atomic E-state index is 0.235. The summed E-state index contributed by atoms with van der Waals surface area (Å²) < 4.78 is 30.8. The van der Waals surface area contributed by atoms with Crippen molar-refractivity contribution in [2.24, 2.45) is 0 Å². The van der Waals surface area contributed by atoms with Crippen molar-refractivity contribution in [2.75, 3.05) is 13.1 Å². The van der Waals surface area contributed by atoms with Crippen LogP contribution in [0.15, 0.2) is 76.1 Å². The van der Waals surface area contributed by atoms with Crippen molar-refractivity contribution in [3.05, 3.63) is 72.4 Å². The van der Waals surface area contributed by atoms with E-state index in [2.05, 4.69) is 5.16 Å². The molecule has 28 heavy (non-hydrogen) atoms. The molecule has 0 bridgehead atoms. The summed E-state index contributed by atoms with van der Waals surface area (Å²) in [5, 5.41) is 3.42. The molecule has 4 rings (SSSR count). The van der Waals surface area contributed by atoms with Gasteiger partial charge >= 0.3 is 0 Å². The van der Waals surface area contributed by atoms with Gasteiger partial charge in [0, 0.05) is 24.7 Å². The quantitative estimate of drug-likeness (QED) is 0.675. The largest absolute Gasteiger partial charge is 0.355 e. The number of hydrogen-bond donors (Lipinski definition) is 0.